The number of carbonyl (C=O) groups is 3. The van der Waals surface area contributed by atoms with Crippen LogP contribution < -0.4 is 10.6 Å². The first-order valence-electron chi connectivity index (χ1n) is 18.0. The van der Waals surface area contributed by atoms with E-state index in [0.29, 0.717) is 64.2 Å². The van der Waals surface area contributed by atoms with E-state index in [2.05, 4.69) is 21.6 Å². The first kappa shape index (κ1) is 38.9. The Labute approximate surface area is 302 Å². The monoisotopic (exact) mass is 696 g/mol. The van der Waals surface area contributed by atoms with Crippen LogP contribution in [0.4, 0.5) is 10.5 Å². The molecule has 51 heavy (non-hydrogen) atoms. The third-order valence-corrected chi connectivity index (χ3v) is 9.11. The highest BCUT2D eigenvalue weighted by Crippen LogP contribution is 2.28. The average molecular weight is 697 g/mol. The van der Waals surface area contributed by atoms with Gasteiger partial charge in [-0.1, -0.05) is 60.7 Å². The van der Waals surface area contributed by atoms with Gasteiger partial charge in [-0.2, -0.15) is 5.26 Å². The molecule has 11 heteroatoms. The molecule has 1 saturated heterocycles. The Bertz CT molecular complexity index is 1550. The Hall–Kier alpha value is -4.92. The third-order valence-electron chi connectivity index (χ3n) is 9.11. The van der Waals surface area contributed by atoms with Crippen LogP contribution in [-0.4, -0.2) is 96.7 Å². The molecule has 1 aliphatic heterocycles. The number of nitriles is 1. The highest BCUT2D eigenvalue weighted by molar-refractivity contribution is 5.91. The van der Waals surface area contributed by atoms with Crippen molar-refractivity contribution in [1.82, 2.24) is 20.0 Å². The van der Waals surface area contributed by atoms with Crippen molar-refractivity contribution in [3.05, 3.63) is 84.4 Å². The van der Waals surface area contributed by atoms with Gasteiger partial charge in [0.05, 0.1) is 11.8 Å². The Morgan fingerprint density at radius 3 is 2.37 bits per heavy atom. The number of nitrogens with zero attached hydrogens (tertiary/aromatic N) is 4. The summed E-state index contributed by atoms with van der Waals surface area (Å²) < 4.78 is 5.74. The molecule has 3 N–H and O–H groups in total. The second-order valence-electron chi connectivity index (χ2n) is 13.1. The average Bonchev–Trinajstić information content (AvgIpc) is 3.15. The zero-order valence-electron chi connectivity index (χ0n) is 29.8. The normalized spacial score (nSPS) is 13.4. The number of amides is 3. The minimum atomic E-state index is -0.455. The number of nitrogens with one attached hydrogen (secondary N) is 2. The molecule has 0 saturated carbocycles. The minimum Gasteiger partial charge on any atom is -0.508 e. The SMILES string of the molecule is CN(CCC#N)CCC(=O)N(CCCCCNC(=O)CCN1CCC(OC(=O)Nc2ccccc2-c2ccccc2)CC1)Cc1ccc(O)cc1. The number of benzene rings is 3. The van der Waals surface area contributed by atoms with Crippen LogP contribution in [0, 0.1) is 11.3 Å². The molecule has 3 amide bonds. The summed E-state index contributed by atoms with van der Waals surface area (Å²) in [5.74, 6) is 0.272. The molecule has 0 bridgehead atoms. The van der Waals surface area contributed by atoms with Crippen molar-refractivity contribution < 1.29 is 24.2 Å². The van der Waals surface area contributed by atoms with Gasteiger partial charge in [-0.05, 0) is 68.5 Å². The number of rotatable bonds is 19. The Morgan fingerprint density at radius 2 is 1.63 bits per heavy atom. The maximum Gasteiger partial charge on any atom is 0.411 e. The van der Waals surface area contributed by atoms with Gasteiger partial charge in [0.2, 0.25) is 11.8 Å². The van der Waals surface area contributed by atoms with Crippen LogP contribution >= 0.6 is 0 Å². The van der Waals surface area contributed by atoms with Crippen LogP contribution in [0.2, 0.25) is 0 Å². The second kappa shape index (κ2) is 21.3. The third kappa shape index (κ3) is 14.1. The lowest BCUT2D eigenvalue weighted by Crippen LogP contribution is -2.40. The number of anilines is 1. The predicted molar refractivity (Wildman–Crippen MR) is 199 cm³/mol. The largest absolute Gasteiger partial charge is 0.508 e. The van der Waals surface area contributed by atoms with Gasteiger partial charge < -0.3 is 29.9 Å². The van der Waals surface area contributed by atoms with Gasteiger partial charge in [-0.15, -0.1) is 0 Å². The van der Waals surface area contributed by atoms with Crippen molar-refractivity contribution in [2.45, 2.75) is 64.0 Å². The molecule has 11 nitrogen and oxygen atoms in total. The number of hydrogen-bond donors (Lipinski definition) is 3. The molecule has 0 aromatic heterocycles. The van der Waals surface area contributed by atoms with Gasteiger partial charge in [0.25, 0.3) is 0 Å². The minimum absolute atomic E-state index is 0.0227. The molecule has 0 spiro atoms. The second-order valence-corrected chi connectivity index (χ2v) is 13.1. The van der Waals surface area contributed by atoms with Crippen LogP contribution in [0.15, 0.2) is 78.9 Å². The van der Waals surface area contributed by atoms with E-state index in [1.165, 1.54) is 0 Å². The van der Waals surface area contributed by atoms with Crippen LogP contribution in [0.3, 0.4) is 0 Å². The molecule has 4 rings (SSSR count). The van der Waals surface area contributed by atoms with Crippen molar-refractivity contribution in [3.8, 4) is 22.9 Å². The molecule has 1 heterocycles. The van der Waals surface area contributed by atoms with Gasteiger partial charge >= 0.3 is 6.09 Å². The van der Waals surface area contributed by atoms with Crippen molar-refractivity contribution in [2.24, 2.45) is 0 Å². The fraction of sp³-hybridized carbons (Fsp3) is 0.450. The van der Waals surface area contributed by atoms with Gasteiger partial charge in [-0.25, -0.2) is 4.79 Å². The Morgan fingerprint density at radius 1 is 0.902 bits per heavy atom. The summed E-state index contributed by atoms with van der Waals surface area (Å²) in [6, 6.07) is 26.6. The molecule has 0 atom stereocenters. The van der Waals surface area contributed by atoms with E-state index in [-0.39, 0.29) is 23.7 Å². The molecule has 1 aliphatic rings. The zero-order chi connectivity index (χ0) is 36.3. The number of aromatic hydroxyl groups is 1. The van der Waals surface area contributed by atoms with Crippen LogP contribution in [0.25, 0.3) is 11.1 Å². The molecular formula is C40H52N6O5. The van der Waals surface area contributed by atoms with Gasteiger partial charge in [0.1, 0.15) is 11.9 Å². The smallest absolute Gasteiger partial charge is 0.411 e. The lowest BCUT2D eigenvalue weighted by Gasteiger charge is -2.31. The molecule has 3 aromatic carbocycles. The van der Waals surface area contributed by atoms with Crippen molar-refractivity contribution in [3.63, 3.8) is 0 Å². The van der Waals surface area contributed by atoms with E-state index >= 15 is 0 Å². The van der Waals surface area contributed by atoms with E-state index in [1.54, 1.807) is 12.1 Å². The summed E-state index contributed by atoms with van der Waals surface area (Å²) in [4.78, 5) is 44.4. The highest BCUT2D eigenvalue weighted by Gasteiger charge is 2.23. The number of phenols is 1. The number of piperidine rings is 1. The van der Waals surface area contributed by atoms with Crippen molar-refractivity contribution in [1.29, 1.82) is 5.26 Å². The molecule has 1 fully saturated rings. The predicted octanol–water partition coefficient (Wildman–Crippen LogP) is 6.01. The number of hydrogen-bond acceptors (Lipinski definition) is 8. The summed E-state index contributed by atoms with van der Waals surface area (Å²) in [6.45, 7) is 5.08. The first-order valence-corrected chi connectivity index (χ1v) is 18.0. The molecule has 272 valence electrons. The van der Waals surface area contributed by atoms with Gasteiger partial charge in [0, 0.05) is 77.2 Å². The quantitative estimate of drug-likeness (QED) is 0.130. The maximum absolute atomic E-state index is 13.1. The lowest BCUT2D eigenvalue weighted by molar-refractivity contribution is -0.132. The number of carbonyl (C=O) groups excluding carboxylic acids is 3. The van der Waals surface area contributed by atoms with E-state index < -0.39 is 6.09 Å². The number of para-hydroxylation sites is 1. The highest BCUT2D eigenvalue weighted by atomic mass is 16.6. The van der Waals surface area contributed by atoms with Gasteiger partial charge in [0.15, 0.2) is 0 Å². The lowest BCUT2D eigenvalue weighted by atomic mass is 10.0. The Kier molecular flexibility index (Phi) is 16.3. The number of phenolic OH excluding ortho intramolecular Hbond substituents is 1. The van der Waals surface area contributed by atoms with E-state index in [4.69, 9.17) is 10.00 Å². The van der Waals surface area contributed by atoms with Crippen LogP contribution in [-0.2, 0) is 20.9 Å². The fourth-order valence-corrected chi connectivity index (χ4v) is 6.09. The first-order chi connectivity index (χ1) is 24.8. The zero-order valence-corrected chi connectivity index (χ0v) is 29.8. The number of ether oxygens (including phenoxy) is 1. The molecule has 0 aliphatic carbocycles. The maximum atomic E-state index is 13.1. The Balaban J connectivity index is 1.08. The summed E-state index contributed by atoms with van der Waals surface area (Å²) in [5.41, 5.74) is 3.62. The standard InChI is InChI=1S/C40H52N6O5/c1-44(25-10-23-41)27-22-39(49)46(31-32-15-17-34(47)18-16-32)26-9-3-8-24-42-38(48)21-30-45-28-19-35(20-29-45)51-40(50)43-37-14-7-6-13-36(37)33-11-4-2-5-12-33/h2,4-7,11-18,35,47H,3,8-10,19-22,24-31H2,1H3,(H,42,48)(H,43,50). The van der Waals surface area contributed by atoms with Crippen LogP contribution in [0.5, 0.6) is 5.75 Å². The molecule has 0 unspecified atom stereocenters. The molecule has 0 radical (unpaired) electrons. The summed E-state index contributed by atoms with van der Waals surface area (Å²) in [6.07, 6.45) is 4.56. The molecular weight excluding hydrogens is 644 g/mol. The van der Waals surface area contributed by atoms with Crippen LogP contribution in [0.1, 0.15) is 56.9 Å². The van der Waals surface area contributed by atoms with E-state index in [0.717, 1.165) is 61.9 Å². The molecule has 3 aromatic rings. The number of unbranched alkanes of at least 4 members (excludes halogenated alkanes) is 2. The summed E-state index contributed by atoms with van der Waals surface area (Å²) in [5, 5.41) is 24.4. The topological polar surface area (TPSA) is 138 Å². The number of likely N-dealkylation sites (tertiary alicyclic amines) is 1. The van der Waals surface area contributed by atoms with E-state index in [1.807, 2.05) is 83.6 Å². The van der Waals surface area contributed by atoms with Crippen molar-refractivity contribution in [2.75, 3.05) is 58.2 Å². The van der Waals surface area contributed by atoms with Gasteiger partial charge in [-0.3, -0.25) is 14.9 Å². The summed E-state index contributed by atoms with van der Waals surface area (Å²) in [7, 11) is 1.91. The van der Waals surface area contributed by atoms with Crippen molar-refractivity contribution >= 4 is 23.6 Å². The summed E-state index contributed by atoms with van der Waals surface area (Å²) >= 11 is 0. The fourth-order valence-electron chi connectivity index (χ4n) is 6.09. The van der Waals surface area contributed by atoms with E-state index in [9.17, 15) is 19.5 Å².